The molecular weight excluding hydrogens is 412 g/mol. The van der Waals surface area contributed by atoms with Crippen molar-refractivity contribution in [1.29, 1.82) is 0 Å². The summed E-state index contributed by atoms with van der Waals surface area (Å²) < 4.78 is 0. The standard InChI is InChI=1S/C19H34N4O8/c1-8(2)13(20)16(27)22-14(9(3)4)17(28)23-15(10(5)24)18(29)21-11(19(30)31)6-7-12(25)26/h8-11,13-15,24H,6-7,20H2,1-5H3,(H,21,29)(H,22,27)(H,23,28)(H,25,26)(H,30,31). The van der Waals surface area contributed by atoms with Crippen molar-refractivity contribution in [3.05, 3.63) is 0 Å². The fourth-order valence-corrected chi connectivity index (χ4v) is 2.52. The minimum absolute atomic E-state index is 0.175. The van der Waals surface area contributed by atoms with Gasteiger partial charge in [0, 0.05) is 6.42 Å². The fraction of sp³-hybridized carbons (Fsp3) is 0.737. The molecule has 0 spiro atoms. The summed E-state index contributed by atoms with van der Waals surface area (Å²) in [5.74, 6) is -5.58. The Morgan fingerprint density at radius 2 is 1.26 bits per heavy atom. The molecule has 12 nitrogen and oxygen atoms in total. The van der Waals surface area contributed by atoms with Crippen molar-refractivity contribution in [2.24, 2.45) is 17.6 Å². The number of carboxylic acid groups (broad SMARTS) is 2. The molecule has 0 rings (SSSR count). The highest BCUT2D eigenvalue weighted by Crippen LogP contribution is 2.07. The van der Waals surface area contributed by atoms with Crippen LogP contribution in [0.2, 0.25) is 0 Å². The third kappa shape index (κ3) is 9.75. The number of aliphatic carboxylic acids is 2. The number of amides is 3. The molecule has 0 radical (unpaired) electrons. The predicted molar refractivity (Wildman–Crippen MR) is 110 cm³/mol. The lowest BCUT2D eigenvalue weighted by atomic mass is 9.99. The minimum atomic E-state index is -1.53. The molecular formula is C19H34N4O8. The topological polar surface area (TPSA) is 208 Å². The van der Waals surface area contributed by atoms with Crippen LogP contribution < -0.4 is 21.7 Å². The van der Waals surface area contributed by atoms with Gasteiger partial charge in [0.2, 0.25) is 17.7 Å². The Morgan fingerprint density at radius 3 is 1.65 bits per heavy atom. The van der Waals surface area contributed by atoms with Crippen LogP contribution in [0.3, 0.4) is 0 Å². The molecule has 0 aromatic carbocycles. The van der Waals surface area contributed by atoms with Crippen LogP contribution in [0.4, 0.5) is 0 Å². The largest absolute Gasteiger partial charge is 0.481 e. The molecule has 0 aromatic heterocycles. The quantitative estimate of drug-likeness (QED) is 0.174. The van der Waals surface area contributed by atoms with E-state index >= 15 is 0 Å². The molecule has 0 aliphatic carbocycles. The average molecular weight is 447 g/mol. The summed E-state index contributed by atoms with van der Waals surface area (Å²) in [6.07, 6.45) is -2.28. The highest BCUT2D eigenvalue weighted by atomic mass is 16.4. The number of carboxylic acids is 2. The van der Waals surface area contributed by atoms with Crippen molar-refractivity contribution in [2.75, 3.05) is 0 Å². The Bertz CT molecular complexity index is 665. The van der Waals surface area contributed by atoms with Crippen LogP contribution in [0.5, 0.6) is 0 Å². The lowest BCUT2D eigenvalue weighted by molar-refractivity contribution is -0.144. The smallest absolute Gasteiger partial charge is 0.326 e. The number of carbonyl (C=O) groups excluding carboxylic acids is 3. The number of aliphatic hydroxyl groups is 1. The molecule has 0 saturated carbocycles. The molecule has 0 aliphatic heterocycles. The van der Waals surface area contributed by atoms with Crippen LogP contribution in [0.1, 0.15) is 47.5 Å². The normalized spacial score (nSPS) is 16.0. The van der Waals surface area contributed by atoms with Crippen molar-refractivity contribution in [1.82, 2.24) is 16.0 Å². The number of nitrogens with two attached hydrogens (primary N) is 1. The van der Waals surface area contributed by atoms with E-state index in [4.69, 9.17) is 10.8 Å². The second-order valence-electron chi connectivity index (χ2n) is 8.06. The molecule has 178 valence electrons. The highest BCUT2D eigenvalue weighted by molar-refractivity contribution is 5.94. The van der Waals surface area contributed by atoms with Crippen molar-refractivity contribution in [2.45, 2.75) is 77.7 Å². The van der Waals surface area contributed by atoms with E-state index in [0.29, 0.717) is 0 Å². The monoisotopic (exact) mass is 446 g/mol. The molecule has 8 N–H and O–H groups in total. The summed E-state index contributed by atoms with van der Waals surface area (Å²) in [6.45, 7) is 8.02. The Balaban J connectivity index is 5.36. The summed E-state index contributed by atoms with van der Waals surface area (Å²) in [6, 6.07) is -4.97. The minimum Gasteiger partial charge on any atom is -0.481 e. The number of aliphatic hydroxyl groups excluding tert-OH is 1. The van der Waals surface area contributed by atoms with Crippen molar-refractivity contribution in [3.8, 4) is 0 Å². The first-order valence-corrected chi connectivity index (χ1v) is 9.98. The third-order valence-electron chi connectivity index (χ3n) is 4.59. The molecule has 12 heteroatoms. The van der Waals surface area contributed by atoms with Crippen LogP contribution in [-0.2, 0) is 24.0 Å². The van der Waals surface area contributed by atoms with Gasteiger partial charge in [-0.05, 0) is 25.2 Å². The van der Waals surface area contributed by atoms with Crippen LogP contribution >= 0.6 is 0 Å². The first kappa shape index (κ1) is 28.3. The first-order chi connectivity index (χ1) is 14.2. The van der Waals surface area contributed by atoms with E-state index in [9.17, 15) is 34.2 Å². The van der Waals surface area contributed by atoms with Crippen LogP contribution in [0.15, 0.2) is 0 Å². The fourth-order valence-electron chi connectivity index (χ4n) is 2.52. The maximum Gasteiger partial charge on any atom is 0.326 e. The lowest BCUT2D eigenvalue weighted by Crippen LogP contribution is -2.61. The van der Waals surface area contributed by atoms with Gasteiger partial charge in [-0.1, -0.05) is 27.7 Å². The number of hydrogen-bond donors (Lipinski definition) is 7. The second-order valence-corrected chi connectivity index (χ2v) is 8.06. The van der Waals surface area contributed by atoms with Gasteiger partial charge in [0.05, 0.1) is 12.1 Å². The van der Waals surface area contributed by atoms with Gasteiger partial charge in [-0.15, -0.1) is 0 Å². The molecule has 31 heavy (non-hydrogen) atoms. The third-order valence-corrected chi connectivity index (χ3v) is 4.59. The average Bonchev–Trinajstić information content (AvgIpc) is 2.64. The van der Waals surface area contributed by atoms with E-state index in [1.807, 2.05) is 0 Å². The number of rotatable bonds is 13. The van der Waals surface area contributed by atoms with Gasteiger partial charge < -0.3 is 37.0 Å². The molecule has 5 atom stereocenters. The van der Waals surface area contributed by atoms with E-state index < -0.39 is 66.4 Å². The summed E-state index contributed by atoms with van der Waals surface area (Å²) in [5, 5.41) is 34.8. The van der Waals surface area contributed by atoms with Gasteiger partial charge in [0.15, 0.2) is 0 Å². The van der Waals surface area contributed by atoms with Crippen LogP contribution in [0.25, 0.3) is 0 Å². The Hall–Kier alpha value is -2.73. The van der Waals surface area contributed by atoms with Gasteiger partial charge in [0.25, 0.3) is 0 Å². The zero-order valence-corrected chi connectivity index (χ0v) is 18.4. The summed E-state index contributed by atoms with van der Waals surface area (Å²) in [7, 11) is 0. The van der Waals surface area contributed by atoms with Gasteiger partial charge in [-0.2, -0.15) is 0 Å². The van der Waals surface area contributed by atoms with Crippen molar-refractivity contribution >= 4 is 29.7 Å². The van der Waals surface area contributed by atoms with E-state index in [1.165, 1.54) is 6.92 Å². The van der Waals surface area contributed by atoms with Crippen molar-refractivity contribution in [3.63, 3.8) is 0 Å². The summed E-state index contributed by atoms with van der Waals surface area (Å²) in [5.41, 5.74) is 5.79. The maximum absolute atomic E-state index is 12.7. The Labute approximate surface area is 180 Å². The molecule has 3 amide bonds. The van der Waals surface area contributed by atoms with E-state index in [-0.39, 0.29) is 18.3 Å². The Kier molecular flexibility index (Phi) is 11.7. The molecule has 0 bridgehead atoms. The molecule has 0 aromatic rings. The number of hydrogen-bond acceptors (Lipinski definition) is 7. The van der Waals surface area contributed by atoms with Gasteiger partial charge in [-0.3, -0.25) is 19.2 Å². The van der Waals surface area contributed by atoms with Gasteiger partial charge in [-0.25, -0.2) is 4.79 Å². The maximum atomic E-state index is 12.7. The first-order valence-electron chi connectivity index (χ1n) is 9.98. The van der Waals surface area contributed by atoms with Gasteiger partial charge in [0.1, 0.15) is 18.1 Å². The van der Waals surface area contributed by atoms with Crippen LogP contribution in [0, 0.1) is 11.8 Å². The predicted octanol–water partition coefficient (Wildman–Crippen LogP) is -1.59. The van der Waals surface area contributed by atoms with Crippen molar-refractivity contribution < 1.29 is 39.3 Å². The zero-order valence-electron chi connectivity index (χ0n) is 18.4. The zero-order chi connectivity index (χ0) is 24.5. The molecule has 5 unspecified atom stereocenters. The second kappa shape index (κ2) is 12.8. The highest BCUT2D eigenvalue weighted by Gasteiger charge is 2.34. The van der Waals surface area contributed by atoms with E-state index in [1.54, 1.807) is 27.7 Å². The van der Waals surface area contributed by atoms with Crippen LogP contribution in [-0.4, -0.2) is 75.3 Å². The lowest BCUT2D eigenvalue weighted by Gasteiger charge is -2.28. The summed E-state index contributed by atoms with van der Waals surface area (Å²) in [4.78, 5) is 59.4. The molecule has 0 heterocycles. The Morgan fingerprint density at radius 1 is 0.774 bits per heavy atom. The van der Waals surface area contributed by atoms with E-state index in [2.05, 4.69) is 16.0 Å². The molecule has 0 saturated heterocycles. The molecule has 0 aliphatic rings. The molecule has 0 fully saturated rings. The summed E-state index contributed by atoms with van der Waals surface area (Å²) >= 11 is 0. The SMILES string of the molecule is CC(C)C(N)C(=O)NC(C(=O)NC(C(=O)NC(CCC(=O)O)C(=O)O)C(C)O)C(C)C. The van der Waals surface area contributed by atoms with E-state index in [0.717, 1.165) is 0 Å². The number of nitrogens with one attached hydrogen (secondary N) is 3. The number of carbonyl (C=O) groups is 5. The van der Waals surface area contributed by atoms with Gasteiger partial charge >= 0.3 is 11.9 Å².